The van der Waals surface area contributed by atoms with Crippen LogP contribution in [0.5, 0.6) is 5.75 Å². The second kappa shape index (κ2) is 9.01. The summed E-state index contributed by atoms with van der Waals surface area (Å²) >= 11 is 5.84. The van der Waals surface area contributed by atoms with Gasteiger partial charge in [-0.15, -0.1) is 0 Å². The number of pyridine rings is 1. The largest absolute Gasteiger partial charge is 0.494 e. The van der Waals surface area contributed by atoms with Crippen molar-refractivity contribution >= 4 is 34.8 Å². The number of ether oxygens (including phenoxy) is 1. The van der Waals surface area contributed by atoms with Crippen LogP contribution >= 0.6 is 11.6 Å². The molecule has 6 nitrogen and oxygen atoms in total. The van der Waals surface area contributed by atoms with E-state index in [2.05, 4.69) is 15.6 Å². The molecule has 0 saturated carbocycles. The fourth-order valence-electron chi connectivity index (χ4n) is 2.43. The van der Waals surface area contributed by atoms with E-state index in [1.807, 2.05) is 6.92 Å². The molecule has 2 amide bonds. The Morgan fingerprint density at radius 1 is 0.929 bits per heavy atom. The van der Waals surface area contributed by atoms with Crippen LogP contribution in [-0.2, 0) is 0 Å². The van der Waals surface area contributed by atoms with E-state index >= 15 is 0 Å². The van der Waals surface area contributed by atoms with Crippen molar-refractivity contribution in [3.63, 3.8) is 0 Å². The van der Waals surface area contributed by atoms with Gasteiger partial charge in [0.2, 0.25) is 0 Å². The number of nitrogens with zero attached hydrogens (tertiary/aromatic N) is 1. The number of hydrogen-bond acceptors (Lipinski definition) is 4. The van der Waals surface area contributed by atoms with Gasteiger partial charge in [-0.2, -0.15) is 0 Å². The molecule has 1 heterocycles. The molecule has 7 heteroatoms. The summed E-state index contributed by atoms with van der Waals surface area (Å²) in [5.74, 6) is -0.0374. The third-order valence-corrected chi connectivity index (χ3v) is 4.03. The molecule has 0 bridgehead atoms. The number of hydrogen-bond donors (Lipinski definition) is 2. The second-order valence-corrected chi connectivity index (χ2v) is 6.24. The van der Waals surface area contributed by atoms with E-state index < -0.39 is 5.91 Å². The molecule has 3 rings (SSSR count). The van der Waals surface area contributed by atoms with Gasteiger partial charge in [-0.25, -0.2) is 0 Å². The summed E-state index contributed by atoms with van der Waals surface area (Å²) in [6.07, 6.45) is 1.42. The predicted octanol–water partition coefficient (Wildman–Crippen LogP) is 4.64. The molecular formula is C21H18ClN3O3. The van der Waals surface area contributed by atoms with Crippen LogP contribution in [0.1, 0.15) is 27.8 Å². The average Bonchev–Trinajstić information content (AvgIpc) is 2.71. The maximum atomic E-state index is 12.4. The molecule has 142 valence electrons. The zero-order chi connectivity index (χ0) is 19.9. The van der Waals surface area contributed by atoms with E-state index in [9.17, 15) is 9.59 Å². The summed E-state index contributed by atoms with van der Waals surface area (Å²) in [6, 6.07) is 16.7. The highest BCUT2D eigenvalue weighted by molar-refractivity contribution is 6.30. The molecule has 0 saturated heterocycles. The Kier molecular flexibility index (Phi) is 6.24. The summed E-state index contributed by atoms with van der Waals surface area (Å²) in [5.41, 5.74) is 1.66. The quantitative estimate of drug-likeness (QED) is 0.637. The zero-order valence-corrected chi connectivity index (χ0v) is 15.9. The summed E-state index contributed by atoms with van der Waals surface area (Å²) in [5, 5.41) is 6.07. The topological polar surface area (TPSA) is 80.3 Å². The summed E-state index contributed by atoms with van der Waals surface area (Å²) in [4.78, 5) is 28.9. The minimum absolute atomic E-state index is 0.137. The first kappa shape index (κ1) is 19.4. The van der Waals surface area contributed by atoms with Crippen LogP contribution in [-0.4, -0.2) is 23.4 Å². The van der Waals surface area contributed by atoms with E-state index in [1.54, 1.807) is 54.6 Å². The Bertz CT molecular complexity index is 973. The predicted molar refractivity (Wildman–Crippen MR) is 109 cm³/mol. The van der Waals surface area contributed by atoms with Gasteiger partial charge in [0.1, 0.15) is 11.4 Å². The molecule has 0 spiro atoms. The van der Waals surface area contributed by atoms with Gasteiger partial charge in [-0.3, -0.25) is 14.6 Å². The van der Waals surface area contributed by atoms with Gasteiger partial charge >= 0.3 is 0 Å². The van der Waals surface area contributed by atoms with Gasteiger partial charge in [-0.05, 0) is 67.6 Å². The van der Waals surface area contributed by atoms with Crippen molar-refractivity contribution in [1.82, 2.24) is 4.98 Å². The van der Waals surface area contributed by atoms with Crippen LogP contribution in [0.15, 0.2) is 66.9 Å². The maximum absolute atomic E-state index is 12.4. The Hall–Kier alpha value is -3.38. The first-order valence-electron chi connectivity index (χ1n) is 8.62. The van der Waals surface area contributed by atoms with Gasteiger partial charge in [0.05, 0.1) is 6.61 Å². The molecule has 0 fully saturated rings. The molecule has 3 aromatic rings. The van der Waals surface area contributed by atoms with E-state index in [-0.39, 0.29) is 11.6 Å². The van der Waals surface area contributed by atoms with Crippen LogP contribution in [0, 0.1) is 0 Å². The standard InChI is InChI=1S/C21H18ClN3O3/c1-2-28-18-9-7-17(8-10-18)25-21(27)19-13-14(11-12-23-19)20(26)24-16-5-3-15(22)4-6-16/h3-13H,2H2,1H3,(H,24,26)(H,25,27). The molecule has 0 atom stereocenters. The molecule has 0 radical (unpaired) electrons. The second-order valence-electron chi connectivity index (χ2n) is 5.80. The lowest BCUT2D eigenvalue weighted by Gasteiger charge is -2.08. The minimum atomic E-state index is -0.412. The fourth-order valence-corrected chi connectivity index (χ4v) is 2.55. The van der Waals surface area contributed by atoms with E-state index in [0.29, 0.717) is 28.6 Å². The number of benzene rings is 2. The molecule has 0 aliphatic carbocycles. The lowest BCUT2D eigenvalue weighted by Crippen LogP contribution is -2.17. The number of halogens is 1. The molecule has 0 unspecified atom stereocenters. The minimum Gasteiger partial charge on any atom is -0.494 e. The Labute approximate surface area is 167 Å². The smallest absolute Gasteiger partial charge is 0.274 e. The van der Waals surface area contributed by atoms with Gasteiger partial charge < -0.3 is 15.4 Å². The molecule has 1 aromatic heterocycles. The van der Waals surface area contributed by atoms with E-state index in [0.717, 1.165) is 5.75 Å². The highest BCUT2D eigenvalue weighted by Gasteiger charge is 2.12. The van der Waals surface area contributed by atoms with Crippen LogP contribution < -0.4 is 15.4 Å². The Balaban J connectivity index is 1.68. The monoisotopic (exact) mass is 395 g/mol. The van der Waals surface area contributed by atoms with Crippen molar-refractivity contribution < 1.29 is 14.3 Å². The van der Waals surface area contributed by atoms with Gasteiger partial charge in [0.25, 0.3) is 11.8 Å². The third-order valence-electron chi connectivity index (χ3n) is 3.78. The van der Waals surface area contributed by atoms with Gasteiger partial charge in [-0.1, -0.05) is 11.6 Å². The first-order chi connectivity index (χ1) is 13.5. The summed E-state index contributed by atoms with van der Waals surface area (Å²) < 4.78 is 5.37. The number of carbonyl (C=O) groups excluding carboxylic acids is 2. The fraction of sp³-hybridized carbons (Fsp3) is 0.0952. The van der Waals surface area contributed by atoms with Crippen LogP contribution in [0.2, 0.25) is 5.02 Å². The highest BCUT2D eigenvalue weighted by Crippen LogP contribution is 2.17. The highest BCUT2D eigenvalue weighted by atomic mass is 35.5. The van der Waals surface area contributed by atoms with Crippen LogP contribution in [0.3, 0.4) is 0 Å². The summed E-state index contributed by atoms with van der Waals surface area (Å²) in [7, 11) is 0. The average molecular weight is 396 g/mol. The van der Waals surface area contributed by atoms with Crippen molar-refractivity contribution in [3.8, 4) is 5.75 Å². The zero-order valence-electron chi connectivity index (χ0n) is 15.1. The number of carbonyl (C=O) groups is 2. The summed E-state index contributed by atoms with van der Waals surface area (Å²) in [6.45, 7) is 2.47. The van der Waals surface area contributed by atoms with E-state index in [1.165, 1.54) is 12.3 Å². The lowest BCUT2D eigenvalue weighted by atomic mass is 10.2. The maximum Gasteiger partial charge on any atom is 0.274 e. The Morgan fingerprint density at radius 2 is 1.54 bits per heavy atom. The van der Waals surface area contributed by atoms with Crippen LogP contribution in [0.25, 0.3) is 0 Å². The normalized spacial score (nSPS) is 10.2. The molecule has 2 aromatic carbocycles. The number of rotatable bonds is 6. The SMILES string of the molecule is CCOc1ccc(NC(=O)c2cc(C(=O)Nc3ccc(Cl)cc3)ccn2)cc1. The lowest BCUT2D eigenvalue weighted by molar-refractivity contribution is 0.102. The van der Waals surface area contributed by atoms with Crippen molar-refractivity contribution in [2.24, 2.45) is 0 Å². The first-order valence-corrected chi connectivity index (χ1v) is 9.00. The number of nitrogens with one attached hydrogen (secondary N) is 2. The molecular weight excluding hydrogens is 378 g/mol. The van der Waals surface area contributed by atoms with Gasteiger partial charge in [0, 0.05) is 28.2 Å². The molecule has 28 heavy (non-hydrogen) atoms. The van der Waals surface area contributed by atoms with Crippen molar-refractivity contribution in [2.75, 3.05) is 17.2 Å². The number of anilines is 2. The molecule has 0 aliphatic heterocycles. The van der Waals surface area contributed by atoms with Crippen molar-refractivity contribution in [2.45, 2.75) is 6.92 Å². The molecule has 0 aliphatic rings. The Morgan fingerprint density at radius 3 is 2.18 bits per heavy atom. The number of aromatic nitrogens is 1. The third kappa shape index (κ3) is 5.08. The number of amides is 2. The van der Waals surface area contributed by atoms with Gasteiger partial charge in [0.15, 0.2) is 0 Å². The van der Waals surface area contributed by atoms with Crippen molar-refractivity contribution in [1.29, 1.82) is 0 Å². The van der Waals surface area contributed by atoms with Crippen molar-refractivity contribution in [3.05, 3.63) is 83.1 Å². The molecule has 2 N–H and O–H groups in total. The van der Waals surface area contributed by atoms with E-state index in [4.69, 9.17) is 16.3 Å². The van der Waals surface area contributed by atoms with Crippen LogP contribution in [0.4, 0.5) is 11.4 Å².